The molecule has 0 bridgehead atoms. The number of benzene rings is 1. The summed E-state index contributed by atoms with van der Waals surface area (Å²) >= 11 is 0. The van der Waals surface area contributed by atoms with Gasteiger partial charge in [0, 0.05) is 18.5 Å². The molecule has 2 fully saturated rings. The van der Waals surface area contributed by atoms with Gasteiger partial charge in [-0.3, -0.25) is 4.79 Å². The zero-order valence-corrected chi connectivity index (χ0v) is 19.7. The minimum Gasteiger partial charge on any atom is -0.363 e. The summed E-state index contributed by atoms with van der Waals surface area (Å²) in [6, 6.07) is 5.61. The van der Waals surface area contributed by atoms with E-state index >= 15 is 0 Å². The summed E-state index contributed by atoms with van der Waals surface area (Å²) in [5, 5.41) is 5.64. The molecule has 2 N–H and O–H groups in total. The number of rotatable bonds is 9. The highest BCUT2D eigenvalue weighted by Crippen LogP contribution is 2.41. The number of hydrogen-bond acceptors (Lipinski definition) is 6. The number of nitrogens with zero attached hydrogens (tertiary/aromatic N) is 2. The molecule has 1 aromatic carbocycles. The number of carbonyl (C=O) groups excluding carboxylic acids is 1. The number of aromatic nitrogens is 2. The topological polar surface area (TPSA) is 85.4 Å². The number of anilines is 1. The summed E-state index contributed by atoms with van der Waals surface area (Å²) in [6.45, 7) is 4.90. The molecule has 1 aromatic heterocycles. The summed E-state index contributed by atoms with van der Waals surface area (Å²) in [7, 11) is 0. The molecule has 11 heteroatoms. The lowest BCUT2D eigenvalue weighted by molar-refractivity contribution is -0.122. The molecular weight excluding hydrogens is 468 g/mol. The number of nitrogens with one attached hydrogen (secondary N) is 2. The van der Waals surface area contributed by atoms with Crippen molar-refractivity contribution in [3.63, 3.8) is 0 Å². The molecule has 2 aromatic rings. The Bertz CT molecular complexity index is 1080. The third-order valence-corrected chi connectivity index (χ3v) is 6.16. The lowest BCUT2D eigenvalue weighted by atomic mass is 10.0. The van der Waals surface area contributed by atoms with Crippen LogP contribution in [-0.2, 0) is 26.6 Å². The first-order chi connectivity index (χ1) is 16.5. The minimum absolute atomic E-state index is 0.115. The molecule has 1 aliphatic heterocycles. The van der Waals surface area contributed by atoms with Crippen molar-refractivity contribution in [2.24, 2.45) is 0 Å². The van der Waals surface area contributed by atoms with Crippen LogP contribution in [0.25, 0.3) is 0 Å². The fourth-order valence-corrected chi connectivity index (χ4v) is 4.03. The second-order valence-corrected chi connectivity index (χ2v) is 9.11. The average Bonchev–Trinajstić information content (AvgIpc) is 3.36. The molecule has 0 unspecified atom stereocenters. The van der Waals surface area contributed by atoms with E-state index in [1.54, 1.807) is 26.0 Å². The lowest BCUT2D eigenvalue weighted by Crippen LogP contribution is -2.43. The minimum atomic E-state index is -2.99. The number of halogens is 4. The van der Waals surface area contributed by atoms with Crippen LogP contribution in [0.15, 0.2) is 24.3 Å². The monoisotopic (exact) mass is 496 g/mol. The van der Waals surface area contributed by atoms with Gasteiger partial charge in [0.25, 0.3) is 12.3 Å². The number of ether oxygens (including phenoxy) is 2. The van der Waals surface area contributed by atoms with Crippen molar-refractivity contribution in [1.29, 1.82) is 0 Å². The van der Waals surface area contributed by atoms with Crippen LogP contribution < -0.4 is 10.6 Å². The quantitative estimate of drug-likeness (QED) is 0.495. The predicted octanol–water partition coefficient (Wildman–Crippen LogP) is 4.57. The van der Waals surface area contributed by atoms with Gasteiger partial charge in [0.2, 0.25) is 5.91 Å². The van der Waals surface area contributed by atoms with Crippen molar-refractivity contribution in [1.82, 2.24) is 15.3 Å². The molecule has 1 atom stereocenters. The molecule has 2 heterocycles. The molecule has 1 amide bonds. The second kappa shape index (κ2) is 9.69. The first kappa shape index (κ1) is 25.3. The van der Waals surface area contributed by atoms with E-state index in [2.05, 4.69) is 20.6 Å². The maximum absolute atomic E-state index is 13.8. The van der Waals surface area contributed by atoms with Gasteiger partial charge in [0.1, 0.15) is 17.2 Å². The lowest BCUT2D eigenvalue weighted by Gasteiger charge is -2.23. The molecule has 1 saturated carbocycles. The molecule has 0 spiro atoms. The number of amides is 1. The molecule has 7 nitrogen and oxygen atoms in total. The van der Waals surface area contributed by atoms with Crippen LogP contribution in [0.3, 0.4) is 0 Å². The van der Waals surface area contributed by atoms with E-state index in [-0.39, 0.29) is 30.5 Å². The van der Waals surface area contributed by atoms with Gasteiger partial charge in [-0.2, -0.15) is 0 Å². The van der Waals surface area contributed by atoms with Gasteiger partial charge < -0.3 is 20.1 Å². The fourth-order valence-electron chi connectivity index (χ4n) is 4.03. The van der Waals surface area contributed by atoms with Crippen LogP contribution >= 0.6 is 0 Å². The van der Waals surface area contributed by atoms with E-state index in [1.165, 1.54) is 12.1 Å². The highest BCUT2D eigenvalue weighted by molar-refractivity contribution is 5.80. The Morgan fingerprint density at radius 1 is 1.23 bits per heavy atom. The molecule has 2 aliphatic rings. The second-order valence-electron chi connectivity index (χ2n) is 9.11. The van der Waals surface area contributed by atoms with Gasteiger partial charge in [-0.15, -0.1) is 0 Å². The van der Waals surface area contributed by atoms with Crippen molar-refractivity contribution in [2.75, 3.05) is 18.5 Å². The van der Waals surface area contributed by atoms with Gasteiger partial charge in [-0.1, -0.05) is 18.2 Å². The number of hydrogen-bond donors (Lipinski definition) is 2. The molecule has 35 heavy (non-hydrogen) atoms. The average molecular weight is 497 g/mol. The van der Waals surface area contributed by atoms with E-state index < -0.39 is 36.1 Å². The molecule has 1 aliphatic carbocycles. The Balaban J connectivity index is 1.63. The Morgan fingerprint density at radius 3 is 2.51 bits per heavy atom. The largest absolute Gasteiger partial charge is 0.363 e. The smallest absolute Gasteiger partial charge is 0.270 e. The van der Waals surface area contributed by atoms with Crippen molar-refractivity contribution >= 4 is 11.7 Å². The fraction of sp³-hybridized carbons (Fsp3) is 0.542. The zero-order valence-electron chi connectivity index (χ0n) is 19.7. The maximum Gasteiger partial charge on any atom is 0.270 e. The summed E-state index contributed by atoms with van der Waals surface area (Å²) in [5.41, 5.74) is -0.312. The predicted molar refractivity (Wildman–Crippen MR) is 119 cm³/mol. The normalized spacial score (nSPS) is 18.5. The van der Waals surface area contributed by atoms with E-state index in [0.29, 0.717) is 36.0 Å². The molecule has 190 valence electrons. The standard InChI is InChI=1S/C24H28F4N4O3/c1-13(15-5-4-6-16(11-15)23(3,27)28)29-20-19(21-34-9-10-35-21)17(30-14(2)31-20)12-18(33)32-24(7-8-24)22(25)26/h4-6,11,13,21-22H,7-10,12H2,1-3H3,(H,32,33)(H,29,30,31)/t13-/m1/s1. The van der Waals surface area contributed by atoms with Crippen molar-refractivity contribution in [3.05, 3.63) is 52.5 Å². The summed E-state index contributed by atoms with van der Waals surface area (Å²) in [4.78, 5) is 21.5. The van der Waals surface area contributed by atoms with Crippen LogP contribution in [0.5, 0.6) is 0 Å². The van der Waals surface area contributed by atoms with Crippen molar-refractivity contribution in [3.8, 4) is 0 Å². The van der Waals surface area contributed by atoms with Crippen LogP contribution in [-0.4, -0.2) is 41.1 Å². The SMILES string of the molecule is Cc1nc(CC(=O)NC2(C(F)F)CC2)c(C2OCCO2)c(N[C@H](C)c2cccc(C(C)(F)F)c2)n1. The number of carbonyl (C=O) groups is 1. The highest BCUT2D eigenvalue weighted by atomic mass is 19.3. The summed E-state index contributed by atoms with van der Waals surface area (Å²) in [6.07, 6.45) is -3.33. The van der Waals surface area contributed by atoms with Gasteiger partial charge in [-0.05, 0) is 38.3 Å². The first-order valence-corrected chi connectivity index (χ1v) is 11.4. The molecule has 0 radical (unpaired) electrons. The van der Waals surface area contributed by atoms with Gasteiger partial charge in [0.15, 0.2) is 6.29 Å². The number of aryl methyl sites for hydroxylation is 1. The van der Waals surface area contributed by atoms with Crippen molar-refractivity contribution < 1.29 is 31.8 Å². The van der Waals surface area contributed by atoms with Crippen LogP contribution in [0, 0.1) is 6.92 Å². The molecule has 4 rings (SSSR count). The third-order valence-electron chi connectivity index (χ3n) is 6.16. The Kier molecular flexibility index (Phi) is 7.01. The van der Waals surface area contributed by atoms with Crippen LogP contribution in [0.4, 0.5) is 23.4 Å². The highest BCUT2D eigenvalue weighted by Gasteiger charge is 2.52. The Morgan fingerprint density at radius 2 is 1.91 bits per heavy atom. The molecule has 1 saturated heterocycles. The Hall–Kier alpha value is -2.79. The third kappa shape index (κ3) is 5.72. The van der Waals surface area contributed by atoms with Crippen LogP contribution in [0.1, 0.15) is 67.2 Å². The first-order valence-electron chi connectivity index (χ1n) is 11.4. The van der Waals surface area contributed by atoms with Gasteiger partial charge in [-0.25, -0.2) is 27.5 Å². The van der Waals surface area contributed by atoms with E-state index in [4.69, 9.17) is 9.47 Å². The van der Waals surface area contributed by atoms with Gasteiger partial charge >= 0.3 is 0 Å². The maximum atomic E-state index is 13.8. The summed E-state index contributed by atoms with van der Waals surface area (Å²) in [5.74, 6) is -2.91. The molecular formula is C24H28F4N4O3. The zero-order chi connectivity index (χ0) is 25.4. The Labute approximate surface area is 200 Å². The van der Waals surface area contributed by atoms with E-state index in [1.807, 2.05) is 0 Å². The number of alkyl halides is 4. The van der Waals surface area contributed by atoms with E-state index in [9.17, 15) is 22.4 Å². The van der Waals surface area contributed by atoms with E-state index in [0.717, 1.165) is 6.92 Å². The van der Waals surface area contributed by atoms with Gasteiger partial charge in [0.05, 0.1) is 30.9 Å². The summed E-state index contributed by atoms with van der Waals surface area (Å²) < 4.78 is 65.6. The van der Waals surface area contributed by atoms with Crippen molar-refractivity contribution in [2.45, 2.75) is 70.3 Å². The van der Waals surface area contributed by atoms with Crippen LogP contribution in [0.2, 0.25) is 0 Å².